The topological polar surface area (TPSA) is 70.7 Å². The first-order chi connectivity index (χ1) is 10.6. The number of nitrogens with one attached hydrogen (secondary N) is 2. The Bertz CT molecular complexity index is 582. The van der Waals surface area contributed by atoms with Gasteiger partial charge in [0.2, 0.25) is 5.91 Å². The average Bonchev–Trinajstić information content (AvgIpc) is 2.91. The quantitative estimate of drug-likeness (QED) is 0.876. The van der Waals surface area contributed by atoms with Crippen LogP contribution < -0.4 is 15.5 Å². The molecule has 118 valence electrons. The number of fused-ring (bicyclic) bond motifs is 1. The van der Waals surface area contributed by atoms with Crippen molar-refractivity contribution in [2.75, 3.05) is 30.0 Å². The Morgan fingerprint density at radius 1 is 1.27 bits per heavy atom. The lowest BCUT2D eigenvalue weighted by atomic mass is 10.1. The maximum atomic E-state index is 12.1. The molecule has 0 aromatic heterocycles. The molecule has 2 aliphatic heterocycles. The molecule has 2 N–H and O–H groups in total. The van der Waals surface area contributed by atoms with Gasteiger partial charge in [-0.1, -0.05) is 6.07 Å². The maximum absolute atomic E-state index is 12.1. The van der Waals surface area contributed by atoms with Crippen molar-refractivity contribution in [3.8, 4) is 0 Å². The van der Waals surface area contributed by atoms with Gasteiger partial charge in [-0.15, -0.1) is 0 Å². The first-order valence-corrected chi connectivity index (χ1v) is 7.70. The first-order valence-electron chi connectivity index (χ1n) is 7.70. The minimum Gasteiger partial charge on any atom is -0.381 e. The number of amides is 3. The van der Waals surface area contributed by atoms with Gasteiger partial charge in [-0.2, -0.15) is 0 Å². The number of carbonyl (C=O) groups excluding carboxylic acids is 2. The highest BCUT2D eigenvalue weighted by atomic mass is 16.5. The van der Waals surface area contributed by atoms with Crippen LogP contribution in [-0.4, -0.2) is 37.7 Å². The molecular weight excluding hydrogens is 282 g/mol. The van der Waals surface area contributed by atoms with E-state index in [9.17, 15) is 9.59 Å². The Kier molecular flexibility index (Phi) is 4.29. The van der Waals surface area contributed by atoms with Crippen molar-refractivity contribution in [1.82, 2.24) is 5.32 Å². The molecule has 0 radical (unpaired) electrons. The molecule has 6 heteroatoms. The first kappa shape index (κ1) is 14.8. The van der Waals surface area contributed by atoms with Gasteiger partial charge in [0.1, 0.15) is 0 Å². The molecule has 1 saturated heterocycles. The normalized spacial score (nSPS) is 18.0. The van der Waals surface area contributed by atoms with E-state index in [0.29, 0.717) is 25.4 Å². The van der Waals surface area contributed by atoms with Gasteiger partial charge in [0.25, 0.3) is 0 Å². The highest BCUT2D eigenvalue weighted by molar-refractivity contribution is 5.96. The van der Waals surface area contributed by atoms with Gasteiger partial charge in [-0.25, -0.2) is 4.79 Å². The molecule has 2 aliphatic rings. The van der Waals surface area contributed by atoms with E-state index in [-0.39, 0.29) is 18.0 Å². The van der Waals surface area contributed by atoms with E-state index in [2.05, 4.69) is 10.6 Å². The molecule has 1 aromatic rings. The molecule has 3 amide bonds. The van der Waals surface area contributed by atoms with Crippen LogP contribution in [0.2, 0.25) is 0 Å². The van der Waals surface area contributed by atoms with Crippen molar-refractivity contribution in [1.29, 1.82) is 0 Å². The number of urea groups is 1. The number of carbonyl (C=O) groups is 2. The van der Waals surface area contributed by atoms with Crippen LogP contribution in [0.5, 0.6) is 0 Å². The highest BCUT2D eigenvalue weighted by Crippen LogP contribution is 2.30. The van der Waals surface area contributed by atoms with Gasteiger partial charge in [0.05, 0.1) is 0 Å². The monoisotopic (exact) mass is 303 g/mol. The highest BCUT2D eigenvalue weighted by Gasteiger charge is 2.23. The summed E-state index contributed by atoms with van der Waals surface area (Å²) >= 11 is 0. The summed E-state index contributed by atoms with van der Waals surface area (Å²) in [7, 11) is 0. The van der Waals surface area contributed by atoms with E-state index in [0.717, 1.165) is 30.5 Å². The van der Waals surface area contributed by atoms with Gasteiger partial charge < -0.3 is 20.3 Å². The minimum absolute atomic E-state index is 0.0301. The summed E-state index contributed by atoms with van der Waals surface area (Å²) in [6.07, 6.45) is 2.55. The summed E-state index contributed by atoms with van der Waals surface area (Å²) in [5, 5.41) is 5.81. The van der Waals surface area contributed by atoms with E-state index in [1.807, 2.05) is 18.2 Å². The predicted molar refractivity (Wildman–Crippen MR) is 84.2 cm³/mol. The van der Waals surface area contributed by atoms with Crippen LogP contribution in [0, 0.1) is 0 Å². The molecule has 1 aromatic carbocycles. The number of nitrogens with zero attached hydrogens (tertiary/aromatic N) is 1. The Labute approximate surface area is 129 Å². The van der Waals surface area contributed by atoms with Crippen LogP contribution in [0.1, 0.15) is 25.3 Å². The van der Waals surface area contributed by atoms with Gasteiger partial charge in [-0.3, -0.25) is 4.79 Å². The molecule has 22 heavy (non-hydrogen) atoms. The largest absolute Gasteiger partial charge is 0.381 e. The van der Waals surface area contributed by atoms with Crippen molar-refractivity contribution in [2.24, 2.45) is 0 Å². The zero-order chi connectivity index (χ0) is 15.5. The lowest BCUT2D eigenvalue weighted by Crippen LogP contribution is -2.41. The van der Waals surface area contributed by atoms with E-state index < -0.39 is 0 Å². The molecule has 0 unspecified atom stereocenters. The van der Waals surface area contributed by atoms with E-state index >= 15 is 0 Å². The number of hydrogen-bond donors (Lipinski definition) is 2. The lowest BCUT2D eigenvalue weighted by molar-refractivity contribution is -0.116. The van der Waals surface area contributed by atoms with Gasteiger partial charge in [-0.05, 0) is 37.0 Å². The summed E-state index contributed by atoms with van der Waals surface area (Å²) in [6.45, 7) is 3.66. The smallest absolute Gasteiger partial charge is 0.319 e. The summed E-state index contributed by atoms with van der Waals surface area (Å²) in [5.74, 6) is 0.0301. The minimum atomic E-state index is -0.209. The zero-order valence-electron chi connectivity index (χ0n) is 12.7. The number of ether oxygens (including phenoxy) is 1. The molecule has 0 spiro atoms. The molecule has 6 nitrogen and oxygen atoms in total. The van der Waals surface area contributed by atoms with Crippen molar-refractivity contribution >= 4 is 23.3 Å². The third kappa shape index (κ3) is 3.22. The van der Waals surface area contributed by atoms with Crippen LogP contribution in [0.3, 0.4) is 0 Å². The fourth-order valence-electron chi connectivity index (χ4n) is 2.98. The lowest BCUT2D eigenvalue weighted by Gasteiger charge is -2.23. The van der Waals surface area contributed by atoms with E-state index in [1.165, 1.54) is 0 Å². The molecule has 0 atom stereocenters. The number of anilines is 2. The maximum Gasteiger partial charge on any atom is 0.319 e. The molecule has 1 fully saturated rings. The Hall–Kier alpha value is -2.08. The number of hydrogen-bond acceptors (Lipinski definition) is 3. The Balaban J connectivity index is 1.64. The molecule has 2 heterocycles. The second kappa shape index (κ2) is 6.36. The molecule has 0 saturated carbocycles. The van der Waals surface area contributed by atoms with Crippen molar-refractivity contribution in [3.05, 3.63) is 23.8 Å². The Morgan fingerprint density at radius 2 is 2.05 bits per heavy atom. The van der Waals surface area contributed by atoms with Crippen LogP contribution in [0.25, 0.3) is 0 Å². The van der Waals surface area contributed by atoms with Crippen molar-refractivity contribution in [3.63, 3.8) is 0 Å². The van der Waals surface area contributed by atoms with Gasteiger partial charge >= 0.3 is 6.03 Å². The summed E-state index contributed by atoms with van der Waals surface area (Å²) in [5.41, 5.74) is 2.75. The summed E-state index contributed by atoms with van der Waals surface area (Å²) in [4.78, 5) is 25.4. The van der Waals surface area contributed by atoms with Crippen molar-refractivity contribution < 1.29 is 14.3 Å². The molecule has 3 rings (SSSR count). The predicted octanol–water partition coefficient (Wildman–Crippen LogP) is 1.90. The van der Waals surface area contributed by atoms with Crippen molar-refractivity contribution in [2.45, 2.75) is 32.2 Å². The second-order valence-corrected chi connectivity index (χ2v) is 5.75. The summed E-state index contributed by atoms with van der Waals surface area (Å²) < 4.78 is 5.28. The van der Waals surface area contributed by atoms with E-state index in [4.69, 9.17) is 4.74 Å². The van der Waals surface area contributed by atoms with E-state index in [1.54, 1.807) is 11.8 Å². The Morgan fingerprint density at radius 3 is 2.77 bits per heavy atom. The average molecular weight is 303 g/mol. The zero-order valence-corrected chi connectivity index (χ0v) is 12.7. The standard InChI is InChI=1S/C16H21N3O3/c1-11(20)19-7-4-12-2-3-14(10-15(12)19)18-16(21)17-13-5-8-22-9-6-13/h2-3,10,13H,4-9H2,1H3,(H2,17,18,21). The fourth-order valence-corrected chi connectivity index (χ4v) is 2.98. The van der Waals surface area contributed by atoms with Crippen LogP contribution >= 0.6 is 0 Å². The second-order valence-electron chi connectivity index (χ2n) is 5.75. The SMILES string of the molecule is CC(=O)N1CCc2ccc(NC(=O)NC3CCOCC3)cc21. The van der Waals surface area contributed by atoms with Crippen LogP contribution in [0.4, 0.5) is 16.2 Å². The molecule has 0 bridgehead atoms. The molecular formula is C16H21N3O3. The number of benzene rings is 1. The summed E-state index contributed by atoms with van der Waals surface area (Å²) in [6, 6.07) is 5.68. The van der Waals surface area contributed by atoms with Crippen LogP contribution in [-0.2, 0) is 16.0 Å². The molecule has 0 aliphatic carbocycles. The third-order valence-electron chi connectivity index (χ3n) is 4.18. The fraction of sp³-hybridized carbons (Fsp3) is 0.500. The number of rotatable bonds is 2. The third-order valence-corrected chi connectivity index (χ3v) is 4.18. The van der Waals surface area contributed by atoms with Gasteiger partial charge in [0.15, 0.2) is 0 Å². The van der Waals surface area contributed by atoms with Gasteiger partial charge in [0, 0.05) is 44.1 Å². The van der Waals surface area contributed by atoms with Crippen LogP contribution in [0.15, 0.2) is 18.2 Å².